The highest BCUT2D eigenvalue weighted by Gasteiger charge is 2.28. The number of halogens is 1. The van der Waals surface area contributed by atoms with Crippen LogP contribution in [0, 0.1) is 17.0 Å². The van der Waals surface area contributed by atoms with Crippen molar-refractivity contribution < 1.29 is 29.1 Å². The van der Waals surface area contributed by atoms with E-state index in [4.69, 9.17) is 20.8 Å². The Morgan fingerprint density at radius 2 is 2.03 bits per heavy atom. The summed E-state index contributed by atoms with van der Waals surface area (Å²) in [5.74, 6) is -2.29. The van der Waals surface area contributed by atoms with Gasteiger partial charge in [0.05, 0.1) is 23.4 Å². The average Bonchev–Trinajstić information content (AvgIpc) is 3.08. The predicted molar refractivity (Wildman–Crippen MR) is 103 cm³/mol. The summed E-state index contributed by atoms with van der Waals surface area (Å²) in [6, 6.07) is 5.39. The molecule has 1 aromatic carbocycles. The summed E-state index contributed by atoms with van der Waals surface area (Å²) >= 11 is 6.20. The van der Waals surface area contributed by atoms with Gasteiger partial charge in [0.1, 0.15) is 10.7 Å². The first-order valence-electron chi connectivity index (χ1n) is 8.37. The van der Waals surface area contributed by atoms with Gasteiger partial charge in [-0.15, -0.1) is 0 Å². The number of esters is 1. The Balaban J connectivity index is 2.27. The zero-order valence-corrected chi connectivity index (χ0v) is 16.1. The van der Waals surface area contributed by atoms with Crippen molar-refractivity contribution >= 4 is 23.3 Å². The highest BCUT2D eigenvalue weighted by atomic mass is 35.5. The van der Waals surface area contributed by atoms with Gasteiger partial charge in [0.2, 0.25) is 5.75 Å². The number of hydrogen-bond acceptors (Lipinski definition) is 8. The number of rotatable bonds is 5. The first kappa shape index (κ1) is 20.2. The predicted octanol–water partition coefficient (Wildman–Crippen LogP) is 4.47. The second-order valence-electron chi connectivity index (χ2n) is 5.99. The van der Waals surface area contributed by atoms with Crippen LogP contribution >= 0.6 is 11.6 Å². The molecule has 0 radical (unpaired) electrons. The SMILES string of the molecule is CCOC(=O)c1c(-c2cc(O)c(O)c([N+](=O)[O-])c2)coc1-c1ccc(C)nc1Cl. The number of carbonyl (C=O) groups excluding carboxylic acids is 1. The smallest absolute Gasteiger partial charge is 0.342 e. The van der Waals surface area contributed by atoms with E-state index in [0.717, 1.165) is 12.1 Å². The minimum Gasteiger partial charge on any atom is -0.504 e. The van der Waals surface area contributed by atoms with Crippen molar-refractivity contribution in [3.05, 3.63) is 57.1 Å². The number of nitro benzene ring substituents is 1. The number of phenolic OH excluding ortho intramolecular Hbond substituents is 2. The van der Waals surface area contributed by atoms with Crippen LogP contribution in [-0.2, 0) is 4.74 Å². The van der Waals surface area contributed by atoms with Crippen molar-refractivity contribution in [1.82, 2.24) is 4.98 Å². The molecule has 0 bridgehead atoms. The van der Waals surface area contributed by atoms with Crippen molar-refractivity contribution in [1.29, 1.82) is 0 Å². The highest BCUT2D eigenvalue weighted by molar-refractivity contribution is 6.32. The lowest BCUT2D eigenvalue weighted by Gasteiger charge is -2.08. The molecule has 0 spiro atoms. The molecule has 0 unspecified atom stereocenters. The van der Waals surface area contributed by atoms with Crippen molar-refractivity contribution in [2.75, 3.05) is 6.61 Å². The number of ether oxygens (including phenoxy) is 1. The zero-order valence-electron chi connectivity index (χ0n) is 15.3. The quantitative estimate of drug-likeness (QED) is 0.203. The number of aromatic nitrogens is 1. The van der Waals surface area contributed by atoms with Crippen molar-refractivity contribution in [2.24, 2.45) is 0 Å². The van der Waals surface area contributed by atoms with Crippen LogP contribution in [-0.4, -0.2) is 32.7 Å². The summed E-state index contributed by atoms with van der Waals surface area (Å²) in [7, 11) is 0. The van der Waals surface area contributed by atoms with E-state index < -0.39 is 28.1 Å². The molecule has 0 atom stereocenters. The number of carbonyl (C=O) groups is 1. The van der Waals surface area contributed by atoms with Crippen LogP contribution < -0.4 is 0 Å². The maximum Gasteiger partial charge on any atom is 0.342 e. The van der Waals surface area contributed by atoms with Gasteiger partial charge in [-0.2, -0.15) is 0 Å². The van der Waals surface area contributed by atoms with E-state index in [0.29, 0.717) is 11.3 Å². The zero-order chi connectivity index (χ0) is 21.3. The number of hydrogen-bond donors (Lipinski definition) is 2. The Bertz CT molecular complexity index is 1120. The van der Waals surface area contributed by atoms with E-state index in [-0.39, 0.29) is 34.2 Å². The number of pyridine rings is 1. The normalized spacial score (nSPS) is 10.7. The summed E-state index contributed by atoms with van der Waals surface area (Å²) in [6.45, 7) is 3.44. The van der Waals surface area contributed by atoms with Gasteiger partial charge in [-0.3, -0.25) is 10.1 Å². The third-order valence-corrected chi connectivity index (χ3v) is 4.37. The van der Waals surface area contributed by atoms with Gasteiger partial charge in [-0.1, -0.05) is 11.6 Å². The molecule has 2 heterocycles. The van der Waals surface area contributed by atoms with Crippen molar-refractivity contribution in [3.8, 4) is 33.9 Å². The lowest BCUT2D eigenvalue weighted by Crippen LogP contribution is -2.06. The Morgan fingerprint density at radius 1 is 1.31 bits per heavy atom. The molecule has 0 aliphatic carbocycles. The van der Waals surface area contributed by atoms with E-state index in [1.807, 2.05) is 0 Å². The van der Waals surface area contributed by atoms with Crippen LogP contribution in [0.1, 0.15) is 23.0 Å². The minimum absolute atomic E-state index is 0.0428. The van der Waals surface area contributed by atoms with Gasteiger partial charge in [0.15, 0.2) is 11.5 Å². The summed E-state index contributed by atoms with van der Waals surface area (Å²) in [5.41, 5.74) is 0.396. The van der Waals surface area contributed by atoms with Gasteiger partial charge in [-0.05, 0) is 37.6 Å². The van der Waals surface area contributed by atoms with Crippen LogP contribution in [0.25, 0.3) is 22.5 Å². The van der Waals surface area contributed by atoms with Crippen LogP contribution in [0.5, 0.6) is 11.5 Å². The van der Waals surface area contributed by atoms with E-state index >= 15 is 0 Å². The summed E-state index contributed by atoms with van der Waals surface area (Å²) in [4.78, 5) is 27.1. The molecule has 0 amide bonds. The number of nitrogens with zero attached hydrogens (tertiary/aromatic N) is 2. The molecule has 0 aliphatic rings. The number of aryl methyl sites for hydroxylation is 1. The number of aromatic hydroxyl groups is 2. The Kier molecular flexibility index (Phi) is 5.42. The van der Waals surface area contributed by atoms with Crippen LogP contribution in [0.3, 0.4) is 0 Å². The van der Waals surface area contributed by atoms with Gasteiger partial charge in [0.25, 0.3) is 0 Å². The summed E-state index contributed by atoms with van der Waals surface area (Å²) in [5, 5.41) is 30.9. The Labute approximate surface area is 169 Å². The van der Waals surface area contributed by atoms with Crippen molar-refractivity contribution in [2.45, 2.75) is 13.8 Å². The molecule has 0 aliphatic heterocycles. The summed E-state index contributed by atoms with van der Waals surface area (Å²) in [6.07, 6.45) is 1.19. The Hall–Kier alpha value is -3.59. The maximum absolute atomic E-state index is 12.7. The third-order valence-electron chi connectivity index (χ3n) is 4.08. The van der Waals surface area contributed by atoms with E-state index in [9.17, 15) is 25.1 Å². The molecule has 9 nitrogen and oxygen atoms in total. The lowest BCUT2D eigenvalue weighted by atomic mass is 9.99. The molecule has 2 aromatic heterocycles. The minimum atomic E-state index is -0.883. The molecule has 29 heavy (non-hydrogen) atoms. The fourth-order valence-corrected chi connectivity index (χ4v) is 3.05. The molecular formula is C19H15ClN2O7. The third kappa shape index (κ3) is 3.72. The fraction of sp³-hybridized carbons (Fsp3) is 0.158. The number of furan rings is 1. The Morgan fingerprint density at radius 3 is 2.66 bits per heavy atom. The van der Waals surface area contributed by atoms with Crippen LogP contribution in [0.2, 0.25) is 5.15 Å². The molecule has 0 saturated heterocycles. The molecule has 10 heteroatoms. The largest absolute Gasteiger partial charge is 0.504 e. The fourth-order valence-electron chi connectivity index (χ4n) is 2.77. The van der Waals surface area contributed by atoms with Crippen LogP contribution in [0.4, 0.5) is 5.69 Å². The molecule has 3 rings (SSSR count). The monoisotopic (exact) mass is 418 g/mol. The van der Waals surface area contributed by atoms with E-state index in [1.165, 1.54) is 6.26 Å². The van der Waals surface area contributed by atoms with Crippen LogP contribution in [0.15, 0.2) is 34.9 Å². The molecule has 150 valence electrons. The molecule has 2 N–H and O–H groups in total. The number of nitro groups is 1. The van der Waals surface area contributed by atoms with Gasteiger partial charge in [-0.25, -0.2) is 9.78 Å². The molecule has 3 aromatic rings. The molecular weight excluding hydrogens is 404 g/mol. The van der Waals surface area contributed by atoms with Gasteiger partial charge < -0.3 is 19.4 Å². The topological polar surface area (TPSA) is 136 Å². The maximum atomic E-state index is 12.7. The lowest BCUT2D eigenvalue weighted by molar-refractivity contribution is -0.385. The second kappa shape index (κ2) is 7.80. The van der Waals surface area contributed by atoms with Gasteiger partial charge >= 0.3 is 11.7 Å². The average molecular weight is 419 g/mol. The van der Waals surface area contributed by atoms with Gasteiger partial charge in [0, 0.05) is 17.3 Å². The van der Waals surface area contributed by atoms with Crippen molar-refractivity contribution in [3.63, 3.8) is 0 Å². The van der Waals surface area contributed by atoms with E-state index in [2.05, 4.69) is 4.98 Å². The highest BCUT2D eigenvalue weighted by Crippen LogP contribution is 2.43. The summed E-state index contributed by atoms with van der Waals surface area (Å²) < 4.78 is 10.7. The number of phenols is 2. The standard InChI is InChI=1S/C19H15ClN2O7/c1-3-28-19(25)15-12(10-6-13(22(26)27)16(24)14(23)7-10)8-29-17(15)11-5-4-9(2)21-18(11)20/h4-8,23-24H,3H2,1-2H3. The molecule has 0 fully saturated rings. The second-order valence-corrected chi connectivity index (χ2v) is 6.34. The molecule has 0 saturated carbocycles. The first-order chi connectivity index (χ1) is 13.7. The first-order valence-corrected chi connectivity index (χ1v) is 8.75. The van der Waals surface area contributed by atoms with E-state index in [1.54, 1.807) is 26.0 Å². The number of benzene rings is 1.